The van der Waals surface area contributed by atoms with E-state index in [1.165, 1.54) is 14.0 Å². The SMILES string of the molecule is CC(C(=O)O)N(C)C(=O)CCS(C)(=O)=O. The lowest BCUT2D eigenvalue weighted by molar-refractivity contribution is -0.148. The van der Waals surface area contributed by atoms with Gasteiger partial charge in [0.05, 0.1) is 5.75 Å². The van der Waals surface area contributed by atoms with Crippen LogP contribution in [-0.4, -0.2) is 55.4 Å². The van der Waals surface area contributed by atoms with Gasteiger partial charge in [0.25, 0.3) is 0 Å². The highest BCUT2D eigenvalue weighted by molar-refractivity contribution is 7.90. The molecule has 1 amide bonds. The number of carboxylic acid groups (broad SMARTS) is 1. The van der Waals surface area contributed by atoms with Crippen LogP contribution in [0.3, 0.4) is 0 Å². The zero-order chi connectivity index (χ0) is 12.2. The van der Waals surface area contributed by atoms with Gasteiger partial charge in [0.2, 0.25) is 5.91 Å². The average Bonchev–Trinajstić information content (AvgIpc) is 2.10. The van der Waals surface area contributed by atoms with Crippen molar-refractivity contribution in [3.05, 3.63) is 0 Å². The molecule has 0 aliphatic carbocycles. The predicted octanol–water partition coefficient (Wildman–Crippen LogP) is -0.647. The number of carbonyl (C=O) groups is 2. The van der Waals surface area contributed by atoms with E-state index >= 15 is 0 Å². The van der Waals surface area contributed by atoms with Crippen LogP contribution in [0.2, 0.25) is 0 Å². The summed E-state index contributed by atoms with van der Waals surface area (Å²) in [5.74, 6) is -1.87. The molecule has 0 aromatic carbocycles. The van der Waals surface area contributed by atoms with E-state index in [9.17, 15) is 18.0 Å². The minimum absolute atomic E-state index is 0.188. The largest absolute Gasteiger partial charge is 0.480 e. The molecule has 0 aliphatic rings. The third-order valence-electron chi connectivity index (χ3n) is 2.02. The first-order valence-electron chi connectivity index (χ1n) is 4.31. The molecule has 0 saturated carbocycles. The second-order valence-corrected chi connectivity index (χ2v) is 5.66. The van der Waals surface area contributed by atoms with Crippen LogP contribution in [0.25, 0.3) is 0 Å². The van der Waals surface area contributed by atoms with Gasteiger partial charge < -0.3 is 10.0 Å². The first kappa shape index (κ1) is 13.9. The first-order valence-corrected chi connectivity index (χ1v) is 6.37. The topological polar surface area (TPSA) is 91.8 Å². The minimum atomic E-state index is -3.19. The quantitative estimate of drug-likeness (QED) is 0.686. The van der Waals surface area contributed by atoms with E-state index in [-0.39, 0.29) is 12.2 Å². The van der Waals surface area contributed by atoms with Crippen molar-refractivity contribution in [1.29, 1.82) is 0 Å². The number of hydrogen-bond donors (Lipinski definition) is 1. The molecule has 0 aromatic rings. The van der Waals surface area contributed by atoms with Crippen LogP contribution in [0.4, 0.5) is 0 Å². The molecular weight excluding hydrogens is 222 g/mol. The summed E-state index contributed by atoms with van der Waals surface area (Å²) in [6.45, 7) is 1.36. The molecule has 88 valence electrons. The summed E-state index contributed by atoms with van der Waals surface area (Å²) in [4.78, 5) is 22.9. The van der Waals surface area contributed by atoms with Gasteiger partial charge in [0, 0.05) is 19.7 Å². The van der Waals surface area contributed by atoms with Crippen molar-refractivity contribution in [3.8, 4) is 0 Å². The summed E-state index contributed by atoms with van der Waals surface area (Å²) in [6.07, 6.45) is 0.841. The fraction of sp³-hybridized carbons (Fsp3) is 0.750. The lowest BCUT2D eigenvalue weighted by Gasteiger charge is -2.21. The summed E-state index contributed by atoms with van der Waals surface area (Å²) in [6, 6.07) is -0.947. The average molecular weight is 237 g/mol. The number of amides is 1. The fourth-order valence-electron chi connectivity index (χ4n) is 0.831. The van der Waals surface area contributed by atoms with Gasteiger partial charge in [0.15, 0.2) is 0 Å². The van der Waals surface area contributed by atoms with Crippen LogP contribution in [0.15, 0.2) is 0 Å². The van der Waals surface area contributed by atoms with Gasteiger partial charge in [0.1, 0.15) is 15.9 Å². The number of sulfone groups is 1. The number of hydrogen-bond acceptors (Lipinski definition) is 4. The normalized spacial score (nSPS) is 13.3. The van der Waals surface area contributed by atoms with Crippen LogP contribution < -0.4 is 0 Å². The van der Waals surface area contributed by atoms with Crippen molar-refractivity contribution < 1.29 is 23.1 Å². The van der Waals surface area contributed by atoms with Crippen molar-refractivity contribution in [2.75, 3.05) is 19.1 Å². The molecule has 7 heteroatoms. The van der Waals surface area contributed by atoms with Crippen molar-refractivity contribution in [3.63, 3.8) is 0 Å². The third kappa shape index (κ3) is 5.36. The van der Waals surface area contributed by atoms with E-state index in [0.717, 1.165) is 11.2 Å². The Balaban J connectivity index is 4.29. The molecule has 0 rings (SSSR count). The molecule has 1 unspecified atom stereocenters. The Kier molecular flexibility index (Phi) is 4.73. The predicted molar refractivity (Wildman–Crippen MR) is 54.2 cm³/mol. The van der Waals surface area contributed by atoms with Crippen LogP contribution in [0.5, 0.6) is 0 Å². The molecule has 0 heterocycles. The molecule has 6 nitrogen and oxygen atoms in total. The zero-order valence-electron chi connectivity index (χ0n) is 8.93. The zero-order valence-corrected chi connectivity index (χ0v) is 9.74. The standard InChI is InChI=1S/C8H15NO5S/c1-6(8(11)12)9(2)7(10)4-5-15(3,13)14/h6H,4-5H2,1-3H3,(H,11,12). The molecule has 1 N–H and O–H groups in total. The summed E-state index contributed by atoms with van der Waals surface area (Å²) in [5, 5.41) is 8.62. The summed E-state index contributed by atoms with van der Waals surface area (Å²) in [5.41, 5.74) is 0. The lowest BCUT2D eigenvalue weighted by Crippen LogP contribution is -2.40. The maximum absolute atomic E-state index is 11.3. The second-order valence-electron chi connectivity index (χ2n) is 3.40. The van der Waals surface area contributed by atoms with E-state index in [0.29, 0.717) is 0 Å². The maximum atomic E-state index is 11.3. The van der Waals surface area contributed by atoms with Gasteiger partial charge in [-0.1, -0.05) is 0 Å². The highest BCUT2D eigenvalue weighted by Crippen LogP contribution is 2.00. The van der Waals surface area contributed by atoms with Gasteiger partial charge in [-0.3, -0.25) is 4.79 Å². The molecule has 15 heavy (non-hydrogen) atoms. The van der Waals surface area contributed by atoms with Gasteiger partial charge in [-0.25, -0.2) is 13.2 Å². The smallest absolute Gasteiger partial charge is 0.326 e. The van der Waals surface area contributed by atoms with Crippen molar-refractivity contribution in [2.24, 2.45) is 0 Å². The van der Waals surface area contributed by atoms with Crippen molar-refractivity contribution >= 4 is 21.7 Å². The molecule has 0 aliphatic heterocycles. The Morgan fingerprint density at radius 1 is 1.40 bits per heavy atom. The molecule has 0 radical (unpaired) electrons. The Morgan fingerprint density at radius 3 is 2.20 bits per heavy atom. The molecule has 0 aromatic heterocycles. The van der Waals surface area contributed by atoms with Crippen molar-refractivity contribution in [1.82, 2.24) is 4.90 Å². The third-order valence-corrected chi connectivity index (χ3v) is 2.96. The van der Waals surface area contributed by atoms with Crippen molar-refractivity contribution in [2.45, 2.75) is 19.4 Å². The maximum Gasteiger partial charge on any atom is 0.326 e. The van der Waals surface area contributed by atoms with Gasteiger partial charge >= 0.3 is 5.97 Å². The highest BCUT2D eigenvalue weighted by Gasteiger charge is 2.22. The summed E-state index contributed by atoms with van der Waals surface area (Å²) >= 11 is 0. The van der Waals surface area contributed by atoms with Gasteiger partial charge in [-0.05, 0) is 6.92 Å². The van der Waals surface area contributed by atoms with Crippen LogP contribution in [0, 0.1) is 0 Å². The van der Waals surface area contributed by atoms with Crippen LogP contribution >= 0.6 is 0 Å². The summed E-state index contributed by atoms with van der Waals surface area (Å²) in [7, 11) is -1.86. The Morgan fingerprint density at radius 2 is 1.87 bits per heavy atom. The number of carboxylic acids is 1. The number of nitrogens with zero attached hydrogens (tertiary/aromatic N) is 1. The molecule has 0 fully saturated rings. The first-order chi connectivity index (χ1) is 6.65. The molecule has 1 atom stereocenters. The molecular formula is C8H15NO5S. The van der Waals surface area contributed by atoms with Gasteiger partial charge in [-0.15, -0.1) is 0 Å². The van der Waals surface area contributed by atoms with Gasteiger partial charge in [-0.2, -0.15) is 0 Å². The van der Waals surface area contributed by atoms with E-state index in [2.05, 4.69) is 0 Å². The van der Waals surface area contributed by atoms with E-state index in [1.54, 1.807) is 0 Å². The fourth-order valence-corrected chi connectivity index (χ4v) is 1.38. The molecule has 0 saturated heterocycles. The number of aliphatic carboxylic acids is 1. The summed E-state index contributed by atoms with van der Waals surface area (Å²) < 4.78 is 21.5. The van der Waals surface area contributed by atoms with Crippen LogP contribution in [0.1, 0.15) is 13.3 Å². The lowest BCUT2D eigenvalue weighted by atomic mass is 10.3. The molecule has 0 spiro atoms. The second kappa shape index (κ2) is 5.11. The Hall–Kier alpha value is -1.11. The van der Waals surface area contributed by atoms with Crippen LogP contribution in [-0.2, 0) is 19.4 Å². The Labute approximate surface area is 88.8 Å². The Bertz CT molecular complexity index is 348. The minimum Gasteiger partial charge on any atom is -0.480 e. The monoisotopic (exact) mass is 237 g/mol. The number of carbonyl (C=O) groups excluding carboxylic acids is 1. The van der Waals surface area contributed by atoms with E-state index < -0.39 is 27.8 Å². The van der Waals surface area contributed by atoms with E-state index in [1.807, 2.05) is 0 Å². The highest BCUT2D eigenvalue weighted by atomic mass is 32.2. The number of likely N-dealkylation sites (N-methyl/N-ethyl adjacent to an activating group) is 1. The number of rotatable bonds is 5. The molecule has 0 bridgehead atoms. The van der Waals surface area contributed by atoms with E-state index in [4.69, 9.17) is 5.11 Å².